The van der Waals surface area contributed by atoms with Crippen LogP contribution in [0.1, 0.15) is 24.2 Å². The number of halogens is 1. The van der Waals surface area contributed by atoms with Crippen molar-refractivity contribution in [3.8, 4) is 5.75 Å². The van der Waals surface area contributed by atoms with Crippen LogP contribution in [0.4, 0.5) is 10.1 Å². The Labute approximate surface area is 234 Å². The second-order valence-electron chi connectivity index (χ2n) is 10.8. The summed E-state index contributed by atoms with van der Waals surface area (Å²) in [7, 11) is 1.68. The van der Waals surface area contributed by atoms with Gasteiger partial charge in [-0.3, -0.25) is 9.69 Å². The summed E-state index contributed by atoms with van der Waals surface area (Å²) in [6, 6.07) is 23.3. The summed E-state index contributed by atoms with van der Waals surface area (Å²) in [4.78, 5) is 24.9. The fraction of sp³-hybridized carbons (Fsp3) is 0.375. The molecule has 2 aliphatic heterocycles. The van der Waals surface area contributed by atoms with Crippen molar-refractivity contribution in [2.75, 3.05) is 51.3 Å². The third kappa shape index (κ3) is 5.54. The highest BCUT2D eigenvalue weighted by molar-refractivity contribution is 5.79. The number of benzene rings is 3. The molecule has 6 rings (SSSR count). The summed E-state index contributed by atoms with van der Waals surface area (Å²) < 4.78 is 21.9. The van der Waals surface area contributed by atoms with E-state index in [-0.39, 0.29) is 17.6 Å². The molecule has 3 heterocycles. The molecule has 1 atom stereocenters. The fourth-order valence-corrected chi connectivity index (χ4v) is 6.07. The second-order valence-corrected chi connectivity index (χ2v) is 10.8. The van der Waals surface area contributed by atoms with Gasteiger partial charge in [-0.05, 0) is 61.3 Å². The van der Waals surface area contributed by atoms with Crippen molar-refractivity contribution in [1.29, 1.82) is 0 Å². The molecule has 1 aromatic heterocycles. The number of hydrogen-bond acceptors (Lipinski definition) is 5. The van der Waals surface area contributed by atoms with Crippen LogP contribution in [-0.4, -0.2) is 71.6 Å². The van der Waals surface area contributed by atoms with Crippen LogP contribution in [0.3, 0.4) is 0 Å². The van der Waals surface area contributed by atoms with Gasteiger partial charge in [0.05, 0.1) is 36.3 Å². The van der Waals surface area contributed by atoms with Crippen molar-refractivity contribution in [2.45, 2.75) is 25.9 Å². The first-order valence-corrected chi connectivity index (χ1v) is 14.2. The number of para-hydroxylation sites is 3. The van der Waals surface area contributed by atoms with E-state index in [9.17, 15) is 9.18 Å². The highest BCUT2D eigenvalue weighted by atomic mass is 19.1. The molecule has 0 bridgehead atoms. The van der Waals surface area contributed by atoms with Crippen molar-refractivity contribution in [3.63, 3.8) is 0 Å². The summed E-state index contributed by atoms with van der Waals surface area (Å²) in [5, 5.41) is 0. The Hall–Kier alpha value is -3.91. The van der Waals surface area contributed by atoms with Crippen LogP contribution in [0.5, 0.6) is 5.75 Å². The van der Waals surface area contributed by atoms with Gasteiger partial charge in [-0.15, -0.1) is 0 Å². The zero-order valence-electron chi connectivity index (χ0n) is 23.0. The van der Waals surface area contributed by atoms with Crippen molar-refractivity contribution in [1.82, 2.24) is 19.4 Å². The van der Waals surface area contributed by atoms with Gasteiger partial charge in [-0.2, -0.15) is 0 Å². The van der Waals surface area contributed by atoms with Crippen molar-refractivity contribution >= 4 is 22.6 Å². The Balaban J connectivity index is 1.12. The highest BCUT2D eigenvalue weighted by Crippen LogP contribution is 2.26. The molecule has 208 valence electrons. The minimum Gasteiger partial charge on any atom is -0.497 e. The topological polar surface area (TPSA) is 53.8 Å². The Kier molecular flexibility index (Phi) is 7.68. The van der Waals surface area contributed by atoms with E-state index in [4.69, 9.17) is 9.72 Å². The number of hydrogen-bond donors (Lipinski definition) is 0. The van der Waals surface area contributed by atoms with E-state index in [0.717, 1.165) is 55.1 Å². The molecule has 4 aromatic rings. The number of methoxy groups -OCH3 is 1. The third-order valence-electron chi connectivity index (χ3n) is 8.24. The molecule has 3 aromatic carbocycles. The molecule has 1 amide bonds. The van der Waals surface area contributed by atoms with Gasteiger partial charge in [-0.1, -0.05) is 36.4 Å². The number of rotatable bonds is 7. The molecule has 0 N–H and O–H groups in total. The number of ether oxygens (including phenoxy) is 1. The molecule has 0 unspecified atom stereocenters. The molecular formula is C32H36FN5O2. The largest absolute Gasteiger partial charge is 0.497 e. The summed E-state index contributed by atoms with van der Waals surface area (Å²) in [5.41, 5.74) is 3.91. The van der Waals surface area contributed by atoms with Crippen LogP contribution < -0.4 is 9.64 Å². The number of likely N-dealkylation sites (tertiary alicyclic amines) is 1. The molecule has 0 radical (unpaired) electrons. The lowest BCUT2D eigenvalue weighted by Crippen LogP contribution is -2.52. The zero-order valence-corrected chi connectivity index (χ0v) is 23.0. The van der Waals surface area contributed by atoms with Crippen LogP contribution in [0.25, 0.3) is 11.0 Å². The van der Waals surface area contributed by atoms with Crippen LogP contribution in [-0.2, 0) is 17.9 Å². The predicted molar refractivity (Wildman–Crippen MR) is 155 cm³/mol. The maximum absolute atomic E-state index is 14.3. The second kappa shape index (κ2) is 11.7. The van der Waals surface area contributed by atoms with Gasteiger partial charge in [0.2, 0.25) is 5.91 Å². The molecule has 0 spiro atoms. The van der Waals surface area contributed by atoms with E-state index >= 15 is 0 Å². The number of anilines is 1. The predicted octanol–water partition coefficient (Wildman–Crippen LogP) is 4.79. The number of piperidine rings is 1. The van der Waals surface area contributed by atoms with Gasteiger partial charge in [0.1, 0.15) is 17.4 Å². The zero-order chi connectivity index (χ0) is 27.5. The SMILES string of the molecule is COc1ccc(Cn2c(CN3CCC[C@H](C(=O)N4CCN(c5ccccc5F)CC4)C3)nc3ccccc32)cc1. The quantitative estimate of drug-likeness (QED) is 0.337. The number of imidazole rings is 1. The van der Waals surface area contributed by atoms with Crippen LogP contribution >= 0.6 is 0 Å². The van der Waals surface area contributed by atoms with Gasteiger partial charge < -0.3 is 19.1 Å². The average molecular weight is 542 g/mol. The number of aromatic nitrogens is 2. The molecule has 0 aliphatic carbocycles. The first-order valence-electron chi connectivity index (χ1n) is 14.2. The van der Waals surface area contributed by atoms with E-state index < -0.39 is 0 Å². The van der Waals surface area contributed by atoms with E-state index in [2.05, 4.69) is 39.8 Å². The number of carbonyl (C=O) groups is 1. The fourth-order valence-electron chi connectivity index (χ4n) is 6.07. The maximum Gasteiger partial charge on any atom is 0.227 e. The number of carbonyl (C=O) groups excluding carboxylic acids is 1. The lowest BCUT2D eigenvalue weighted by Gasteiger charge is -2.39. The van der Waals surface area contributed by atoms with Gasteiger partial charge >= 0.3 is 0 Å². The first kappa shape index (κ1) is 26.3. The monoisotopic (exact) mass is 541 g/mol. The van der Waals surface area contributed by atoms with Gasteiger partial charge in [0.25, 0.3) is 0 Å². The summed E-state index contributed by atoms with van der Waals surface area (Å²) in [6.45, 7) is 5.67. The van der Waals surface area contributed by atoms with Gasteiger partial charge in [0, 0.05) is 39.3 Å². The summed E-state index contributed by atoms with van der Waals surface area (Å²) in [5.74, 6) is 1.86. The van der Waals surface area contributed by atoms with Gasteiger partial charge in [0.15, 0.2) is 0 Å². The molecule has 8 heteroatoms. The van der Waals surface area contributed by atoms with E-state index in [1.165, 1.54) is 11.6 Å². The van der Waals surface area contributed by atoms with Crippen molar-refractivity contribution < 1.29 is 13.9 Å². The molecule has 2 saturated heterocycles. The summed E-state index contributed by atoms with van der Waals surface area (Å²) in [6.07, 6.45) is 1.90. The van der Waals surface area contributed by atoms with Crippen LogP contribution in [0, 0.1) is 11.7 Å². The van der Waals surface area contributed by atoms with Crippen LogP contribution in [0.15, 0.2) is 72.8 Å². The van der Waals surface area contributed by atoms with Crippen molar-refractivity contribution in [3.05, 3.63) is 90.0 Å². The molecule has 40 heavy (non-hydrogen) atoms. The lowest BCUT2D eigenvalue weighted by atomic mass is 9.96. The average Bonchev–Trinajstić information content (AvgIpc) is 3.34. The minimum absolute atomic E-state index is 0.0202. The van der Waals surface area contributed by atoms with Gasteiger partial charge in [-0.25, -0.2) is 9.37 Å². The van der Waals surface area contributed by atoms with Crippen LogP contribution in [0.2, 0.25) is 0 Å². The molecule has 7 nitrogen and oxygen atoms in total. The number of piperazine rings is 1. The molecular weight excluding hydrogens is 505 g/mol. The lowest BCUT2D eigenvalue weighted by molar-refractivity contribution is -0.137. The standard InChI is InChI=1S/C32H36FN5O2/c1-40-26-14-12-24(13-15-26)21-38-30-11-5-3-9-28(30)34-31(38)23-35-16-6-7-25(22-35)32(39)37-19-17-36(18-20-37)29-10-4-2-8-27(29)33/h2-5,8-15,25H,6-7,16-23H2,1H3/t25-/m0/s1. The molecule has 2 fully saturated rings. The van der Waals surface area contributed by atoms with E-state index in [1.807, 2.05) is 40.1 Å². The Morgan fingerprint density at radius 2 is 1.68 bits per heavy atom. The van der Waals surface area contributed by atoms with Crippen molar-refractivity contribution in [2.24, 2.45) is 5.92 Å². The summed E-state index contributed by atoms with van der Waals surface area (Å²) >= 11 is 0. The third-order valence-corrected chi connectivity index (χ3v) is 8.24. The maximum atomic E-state index is 14.3. The highest BCUT2D eigenvalue weighted by Gasteiger charge is 2.32. The first-order chi connectivity index (χ1) is 19.6. The number of nitrogens with zero attached hydrogens (tertiary/aromatic N) is 5. The normalized spacial score (nSPS) is 18.3. The molecule has 0 saturated carbocycles. The van der Waals surface area contributed by atoms with E-state index in [1.54, 1.807) is 13.2 Å². The molecule has 2 aliphatic rings. The number of fused-ring (bicyclic) bond motifs is 1. The Morgan fingerprint density at radius 1 is 0.925 bits per heavy atom. The Bertz CT molecular complexity index is 1460. The Morgan fingerprint density at radius 3 is 2.45 bits per heavy atom. The minimum atomic E-state index is -0.205. The smallest absolute Gasteiger partial charge is 0.227 e. The number of amides is 1. The van der Waals surface area contributed by atoms with E-state index in [0.29, 0.717) is 38.4 Å².